The molecule has 0 unspecified atom stereocenters. The first-order valence-corrected chi connectivity index (χ1v) is 8.59. The minimum atomic E-state index is -0.386. The normalized spacial score (nSPS) is 10.6. The Hall–Kier alpha value is -0.225. The van der Waals surface area contributed by atoms with E-state index in [2.05, 4.69) is 25.0 Å². The molecule has 2 rings (SSSR count). The van der Waals surface area contributed by atoms with Crippen molar-refractivity contribution in [2.75, 3.05) is 0 Å². The summed E-state index contributed by atoms with van der Waals surface area (Å²) in [6, 6.07) is 13.0. The van der Waals surface area contributed by atoms with Gasteiger partial charge in [0.05, 0.1) is 0 Å². The van der Waals surface area contributed by atoms with Gasteiger partial charge in [-0.1, -0.05) is 35.9 Å². The van der Waals surface area contributed by atoms with E-state index in [9.17, 15) is 4.39 Å². The van der Waals surface area contributed by atoms with Crippen LogP contribution in [0.3, 0.4) is 0 Å². The lowest BCUT2D eigenvalue weighted by atomic mass is 9.91. The van der Waals surface area contributed by atoms with Crippen molar-refractivity contribution >= 4 is 59.1 Å². The highest BCUT2D eigenvalue weighted by Crippen LogP contribution is 2.20. The van der Waals surface area contributed by atoms with E-state index in [0.717, 1.165) is 22.1 Å². The molecule has 2 aromatic carbocycles. The molecule has 0 saturated heterocycles. The lowest BCUT2D eigenvalue weighted by Gasteiger charge is -2.07. The number of halogens is 2. The van der Waals surface area contributed by atoms with Crippen LogP contribution in [0.15, 0.2) is 42.5 Å². The molecule has 0 aromatic heterocycles. The lowest BCUT2D eigenvalue weighted by molar-refractivity contribution is 0.634. The van der Waals surface area contributed by atoms with Gasteiger partial charge in [-0.05, 0) is 34.8 Å². The van der Waals surface area contributed by atoms with E-state index < -0.39 is 0 Å². The molecule has 104 valence electrons. The summed E-state index contributed by atoms with van der Waals surface area (Å²) in [5.74, 6) is 1.36. The second-order valence-electron chi connectivity index (χ2n) is 4.35. The minimum Gasteiger partial charge on any atom is -0.208 e. The Morgan fingerprint density at radius 2 is 1.75 bits per heavy atom. The molecule has 0 fully saturated rings. The monoisotopic (exact) mass is 342 g/mol. The van der Waals surface area contributed by atoms with Crippen molar-refractivity contribution in [3.05, 3.63) is 64.4 Å². The number of hydrogen-bond donors (Lipinski definition) is 2. The third kappa shape index (κ3) is 4.66. The molecule has 6 heteroatoms. The molecule has 0 amide bonds. The summed E-state index contributed by atoms with van der Waals surface area (Å²) in [6.45, 7) is 0. The van der Waals surface area contributed by atoms with Crippen molar-refractivity contribution in [1.82, 2.24) is 0 Å². The maximum atomic E-state index is 13.8. The molecule has 0 aliphatic heterocycles. The van der Waals surface area contributed by atoms with Crippen molar-refractivity contribution in [2.24, 2.45) is 0 Å². The Kier molecular flexibility index (Phi) is 6.21. The summed E-state index contributed by atoms with van der Waals surface area (Å²) in [5, 5.41) is 0.357. The molecule has 0 nitrogen and oxygen atoms in total. The van der Waals surface area contributed by atoms with Crippen molar-refractivity contribution < 1.29 is 4.39 Å². The van der Waals surface area contributed by atoms with E-state index in [4.69, 9.17) is 11.6 Å². The van der Waals surface area contributed by atoms with E-state index in [1.54, 1.807) is 23.9 Å². The molecule has 0 saturated carbocycles. The zero-order valence-electron chi connectivity index (χ0n) is 10.6. The molecule has 0 bridgehead atoms. The highest BCUT2D eigenvalue weighted by Gasteiger charge is 2.12. The molecular weight excluding hydrogens is 330 g/mol. The Labute approximate surface area is 139 Å². The smallest absolute Gasteiger partial charge is 0.208 e. The average molecular weight is 343 g/mol. The maximum absolute atomic E-state index is 13.8. The summed E-state index contributed by atoms with van der Waals surface area (Å²) >= 11 is 15.9. The van der Waals surface area contributed by atoms with Crippen molar-refractivity contribution in [3.8, 4) is 0 Å². The van der Waals surface area contributed by atoms with E-state index in [1.165, 1.54) is 5.56 Å². The van der Waals surface area contributed by atoms with E-state index in [0.29, 0.717) is 5.46 Å². The number of rotatable bonds is 5. The SMILES string of the molecule is Fc1cc(CSCc2cccc(Cl)c2)ccc1B(S)S. The van der Waals surface area contributed by atoms with Gasteiger partial charge in [-0.2, -0.15) is 11.8 Å². The second kappa shape index (κ2) is 7.69. The Bertz CT molecular complexity index is 592. The molecule has 20 heavy (non-hydrogen) atoms. The maximum Gasteiger partial charge on any atom is 0.304 e. The van der Waals surface area contributed by atoms with Gasteiger partial charge >= 0.3 is 5.27 Å². The van der Waals surface area contributed by atoms with E-state index in [-0.39, 0.29) is 11.1 Å². The quantitative estimate of drug-likeness (QED) is 0.597. The van der Waals surface area contributed by atoms with Crippen LogP contribution in [0, 0.1) is 5.82 Å². The lowest BCUT2D eigenvalue weighted by Crippen LogP contribution is -2.22. The van der Waals surface area contributed by atoms with Crippen LogP contribution in [0.1, 0.15) is 11.1 Å². The third-order valence-electron chi connectivity index (χ3n) is 2.77. The summed E-state index contributed by atoms with van der Waals surface area (Å²) < 4.78 is 13.8. The fourth-order valence-electron chi connectivity index (χ4n) is 1.78. The number of benzene rings is 2. The predicted molar refractivity (Wildman–Crippen MR) is 96.2 cm³/mol. The van der Waals surface area contributed by atoms with Gasteiger partial charge in [-0.15, -0.1) is 0 Å². The van der Waals surface area contributed by atoms with Gasteiger partial charge in [0.15, 0.2) is 0 Å². The van der Waals surface area contributed by atoms with Gasteiger partial charge in [0.25, 0.3) is 0 Å². The van der Waals surface area contributed by atoms with Crippen LogP contribution in [0.2, 0.25) is 5.02 Å². The highest BCUT2D eigenvalue weighted by atomic mass is 35.5. The molecule has 2 aromatic rings. The van der Waals surface area contributed by atoms with Gasteiger partial charge in [0.2, 0.25) is 0 Å². The van der Waals surface area contributed by atoms with Gasteiger partial charge < -0.3 is 0 Å². The predicted octanol–water partition coefficient (Wildman–Crippen LogP) is 4.47. The van der Waals surface area contributed by atoms with Gasteiger partial charge in [-0.25, -0.2) is 29.4 Å². The Balaban J connectivity index is 1.93. The molecule has 0 aliphatic carbocycles. The number of thioether (sulfide) groups is 1. The van der Waals surface area contributed by atoms with Crippen LogP contribution in [-0.2, 0) is 11.5 Å². The van der Waals surface area contributed by atoms with Gasteiger partial charge in [0.1, 0.15) is 5.82 Å². The first kappa shape index (κ1) is 16.2. The van der Waals surface area contributed by atoms with Crippen LogP contribution >= 0.6 is 48.3 Å². The average Bonchev–Trinajstić information content (AvgIpc) is 2.38. The summed E-state index contributed by atoms with van der Waals surface area (Å²) in [7, 11) is 0. The standard InChI is InChI=1S/C14H13BClFS3/c16-12-3-1-2-10(6-12)8-20-9-11-4-5-13(15(18)19)14(17)7-11/h1-7,18-19H,8-9H2. The fourth-order valence-corrected chi connectivity index (χ4v) is 3.35. The molecular formula is C14H13BClFS3. The first-order valence-electron chi connectivity index (χ1n) is 6.03. The summed E-state index contributed by atoms with van der Waals surface area (Å²) in [6.07, 6.45) is 0. The Morgan fingerprint density at radius 1 is 1.05 bits per heavy atom. The number of hydrogen-bond acceptors (Lipinski definition) is 3. The first-order chi connectivity index (χ1) is 9.56. The molecule has 0 radical (unpaired) electrons. The van der Waals surface area contributed by atoms with Gasteiger partial charge in [0, 0.05) is 16.5 Å². The second-order valence-corrected chi connectivity index (χ2v) is 7.21. The zero-order chi connectivity index (χ0) is 14.5. The number of thiol groups is 2. The summed E-state index contributed by atoms with van der Waals surface area (Å²) in [5.41, 5.74) is 2.64. The highest BCUT2D eigenvalue weighted by molar-refractivity contribution is 8.42. The van der Waals surface area contributed by atoms with Crippen LogP contribution in [0.5, 0.6) is 0 Å². The van der Waals surface area contributed by atoms with Crippen LogP contribution < -0.4 is 5.46 Å². The van der Waals surface area contributed by atoms with Crippen molar-refractivity contribution in [2.45, 2.75) is 11.5 Å². The van der Waals surface area contributed by atoms with Crippen LogP contribution in [-0.4, -0.2) is 5.27 Å². The Morgan fingerprint density at radius 3 is 2.35 bits per heavy atom. The summed E-state index contributed by atoms with van der Waals surface area (Å²) in [4.78, 5) is 0. The minimum absolute atomic E-state index is 0.249. The molecule has 0 aliphatic rings. The van der Waals surface area contributed by atoms with Gasteiger partial charge in [-0.3, -0.25) is 0 Å². The fraction of sp³-hybridized carbons (Fsp3) is 0.143. The van der Waals surface area contributed by atoms with Crippen molar-refractivity contribution in [3.63, 3.8) is 0 Å². The van der Waals surface area contributed by atoms with E-state index >= 15 is 0 Å². The van der Waals surface area contributed by atoms with Crippen molar-refractivity contribution in [1.29, 1.82) is 0 Å². The van der Waals surface area contributed by atoms with Crippen LogP contribution in [0.25, 0.3) is 0 Å². The molecule has 0 atom stereocenters. The zero-order valence-corrected chi connectivity index (χ0v) is 14.0. The van der Waals surface area contributed by atoms with E-state index in [1.807, 2.05) is 30.3 Å². The third-order valence-corrected chi connectivity index (χ3v) is 4.64. The van der Waals surface area contributed by atoms with Crippen LogP contribution in [0.4, 0.5) is 4.39 Å². The largest absolute Gasteiger partial charge is 0.304 e. The molecule has 0 spiro atoms. The molecule has 0 heterocycles. The topological polar surface area (TPSA) is 0 Å². The molecule has 0 N–H and O–H groups in total.